The number of nitrogens with zero attached hydrogens (tertiary/aromatic N) is 1. The second-order valence-electron chi connectivity index (χ2n) is 6.80. The van der Waals surface area contributed by atoms with E-state index in [0.717, 1.165) is 33.5 Å². The maximum Gasteiger partial charge on any atom is 0.303 e. The summed E-state index contributed by atoms with van der Waals surface area (Å²) in [5.41, 5.74) is 3.46. The summed E-state index contributed by atoms with van der Waals surface area (Å²) in [4.78, 5) is 15.6. The Hall–Kier alpha value is -2.14. The van der Waals surface area contributed by atoms with E-state index >= 15 is 0 Å². The van der Waals surface area contributed by atoms with Crippen molar-refractivity contribution in [2.24, 2.45) is 0 Å². The van der Waals surface area contributed by atoms with Gasteiger partial charge in [-0.3, -0.25) is 4.79 Å². The van der Waals surface area contributed by atoms with E-state index in [4.69, 9.17) is 14.2 Å². The average Bonchev–Trinajstić information content (AvgIpc) is 3.26. The second kappa shape index (κ2) is 4.68. The minimum Gasteiger partial charge on any atom is -0.485 e. The molecule has 0 amide bonds. The molecule has 0 saturated carbocycles. The van der Waals surface area contributed by atoms with E-state index < -0.39 is 0 Å². The molecule has 5 heteroatoms. The van der Waals surface area contributed by atoms with Crippen LogP contribution in [0.25, 0.3) is 10.9 Å². The Morgan fingerprint density at radius 3 is 2.87 bits per heavy atom. The smallest absolute Gasteiger partial charge is 0.303 e. The van der Waals surface area contributed by atoms with E-state index in [1.54, 1.807) is 0 Å². The number of carbonyl (C=O) groups excluding carboxylic acids is 1. The van der Waals surface area contributed by atoms with Gasteiger partial charge < -0.3 is 14.2 Å². The Morgan fingerprint density at radius 1 is 1.35 bits per heavy atom. The van der Waals surface area contributed by atoms with Crippen molar-refractivity contribution in [2.75, 3.05) is 0 Å². The van der Waals surface area contributed by atoms with Gasteiger partial charge in [0.15, 0.2) is 0 Å². The van der Waals surface area contributed by atoms with E-state index in [2.05, 4.69) is 18.8 Å². The fraction of sp³-hybridized carbons (Fsp3) is 0.444. The van der Waals surface area contributed by atoms with E-state index in [1.807, 2.05) is 25.1 Å². The van der Waals surface area contributed by atoms with Crippen molar-refractivity contribution in [3.63, 3.8) is 0 Å². The molecule has 2 aromatic rings. The van der Waals surface area contributed by atoms with E-state index in [9.17, 15) is 4.79 Å². The summed E-state index contributed by atoms with van der Waals surface area (Å²) >= 11 is 0. The number of ether oxygens (including phenoxy) is 3. The van der Waals surface area contributed by atoms with Gasteiger partial charge in [-0.05, 0) is 44.5 Å². The molecule has 2 atom stereocenters. The minimum absolute atomic E-state index is 0.0948. The van der Waals surface area contributed by atoms with Crippen molar-refractivity contribution in [3.05, 3.63) is 35.0 Å². The van der Waals surface area contributed by atoms with Gasteiger partial charge in [0, 0.05) is 17.9 Å². The Bertz CT molecular complexity index is 827. The van der Waals surface area contributed by atoms with Gasteiger partial charge in [0.05, 0.1) is 11.2 Å². The van der Waals surface area contributed by atoms with Crippen LogP contribution in [0.1, 0.15) is 43.7 Å². The average molecular weight is 313 g/mol. The molecule has 0 radical (unpaired) electrons. The molecule has 4 rings (SSSR count). The monoisotopic (exact) mass is 313 g/mol. The number of aryl methyl sites for hydroxylation is 1. The highest BCUT2D eigenvalue weighted by molar-refractivity contribution is 5.85. The molecule has 1 saturated heterocycles. The number of aromatic nitrogens is 1. The third-order valence-electron chi connectivity index (χ3n) is 4.48. The van der Waals surface area contributed by atoms with Crippen molar-refractivity contribution >= 4 is 16.9 Å². The highest BCUT2D eigenvalue weighted by Crippen LogP contribution is 2.54. The van der Waals surface area contributed by atoms with Crippen molar-refractivity contribution < 1.29 is 19.0 Å². The molecule has 0 bridgehead atoms. The molecule has 3 heterocycles. The largest absolute Gasteiger partial charge is 0.485 e. The summed E-state index contributed by atoms with van der Waals surface area (Å²) in [6.45, 7) is 7.72. The Labute approximate surface area is 134 Å². The SMILES string of the molecule is CC(=O)OCc1cc(C)c2cc3c(cc2n1)[C@H]1O[C@@H]1C(C)(C)O3. The van der Waals surface area contributed by atoms with Crippen LogP contribution in [0.2, 0.25) is 0 Å². The Balaban J connectivity index is 1.78. The highest BCUT2D eigenvalue weighted by atomic mass is 16.6. The van der Waals surface area contributed by atoms with Crippen LogP contribution in [0.15, 0.2) is 18.2 Å². The number of hydrogen-bond acceptors (Lipinski definition) is 5. The summed E-state index contributed by atoms with van der Waals surface area (Å²) < 4.78 is 17.0. The Kier molecular flexibility index (Phi) is 2.94. The normalized spacial score (nSPS) is 23.7. The minimum atomic E-state index is -0.306. The molecule has 0 unspecified atom stereocenters. The number of benzene rings is 1. The topological polar surface area (TPSA) is 61.0 Å². The lowest BCUT2D eigenvalue weighted by Crippen LogP contribution is -2.37. The summed E-state index contributed by atoms with van der Waals surface area (Å²) in [6, 6.07) is 6.03. The van der Waals surface area contributed by atoms with Crippen LogP contribution in [0.5, 0.6) is 5.75 Å². The van der Waals surface area contributed by atoms with Crippen LogP contribution >= 0.6 is 0 Å². The maximum atomic E-state index is 11.0. The lowest BCUT2D eigenvalue weighted by molar-refractivity contribution is -0.142. The molecule has 23 heavy (non-hydrogen) atoms. The number of epoxide rings is 1. The first-order chi connectivity index (χ1) is 10.8. The number of fused-ring (bicyclic) bond motifs is 4. The van der Waals surface area contributed by atoms with Gasteiger partial charge >= 0.3 is 5.97 Å². The first kappa shape index (κ1) is 14.5. The van der Waals surface area contributed by atoms with Crippen LogP contribution in [0, 0.1) is 6.92 Å². The third kappa shape index (κ3) is 2.36. The molecule has 1 fully saturated rings. The molecular formula is C18H19NO4. The number of rotatable bonds is 2. The molecule has 5 nitrogen and oxygen atoms in total. The fourth-order valence-corrected chi connectivity index (χ4v) is 3.29. The quantitative estimate of drug-likeness (QED) is 0.629. The van der Waals surface area contributed by atoms with E-state index in [1.165, 1.54) is 6.92 Å². The molecule has 1 aromatic heterocycles. The van der Waals surface area contributed by atoms with Gasteiger partial charge in [0.2, 0.25) is 0 Å². The van der Waals surface area contributed by atoms with Gasteiger partial charge in [-0.25, -0.2) is 4.98 Å². The van der Waals surface area contributed by atoms with Crippen molar-refractivity contribution in [2.45, 2.75) is 52.1 Å². The predicted molar refractivity (Wildman–Crippen MR) is 84.3 cm³/mol. The molecule has 0 aliphatic carbocycles. The van der Waals surface area contributed by atoms with Crippen LogP contribution < -0.4 is 4.74 Å². The van der Waals surface area contributed by atoms with Crippen molar-refractivity contribution in [1.82, 2.24) is 4.98 Å². The van der Waals surface area contributed by atoms with Crippen molar-refractivity contribution in [3.8, 4) is 5.75 Å². The van der Waals surface area contributed by atoms with Crippen molar-refractivity contribution in [1.29, 1.82) is 0 Å². The Morgan fingerprint density at radius 2 is 2.13 bits per heavy atom. The summed E-state index contributed by atoms with van der Waals surface area (Å²) in [6.07, 6.45) is 0.204. The second-order valence-corrected chi connectivity index (χ2v) is 6.80. The summed E-state index contributed by atoms with van der Waals surface area (Å²) in [7, 11) is 0. The standard InChI is InChI=1S/C18H19NO4/c1-9-5-11(8-21-10(2)20)19-14-6-13-15(7-12(9)14)23-18(3,4)17-16(13)22-17/h5-7,16-17H,8H2,1-4H3/t16-,17+/m1/s1. The molecule has 1 aromatic carbocycles. The van der Waals surface area contributed by atoms with Crippen LogP contribution in [0.3, 0.4) is 0 Å². The number of carbonyl (C=O) groups is 1. The number of pyridine rings is 1. The van der Waals surface area contributed by atoms with E-state index in [-0.39, 0.29) is 30.4 Å². The first-order valence-corrected chi connectivity index (χ1v) is 7.77. The zero-order chi connectivity index (χ0) is 16.4. The predicted octanol–water partition coefficient (Wildman–Crippen LogP) is 3.22. The van der Waals surface area contributed by atoms with Gasteiger partial charge in [-0.2, -0.15) is 0 Å². The van der Waals surface area contributed by atoms with Crippen LogP contribution in [0.4, 0.5) is 0 Å². The van der Waals surface area contributed by atoms with Crippen LogP contribution in [-0.2, 0) is 20.9 Å². The lowest BCUT2D eigenvalue weighted by Gasteiger charge is -2.29. The number of hydrogen-bond donors (Lipinski definition) is 0. The first-order valence-electron chi connectivity index (χ1n) is 7.77. The fourth-order valence-electron chi connectivity index (χ4n) is 3.29. The zero-order valence-electron chi connectivity index (χ0n) is 13.7. The molecule has 2 aliphatic rings. The summed E-state index contributed by atoms with van der Waals surface area (Å²) in [5, 5.41) is 1.05. The highest BCUT2D eigenvalue weighted by Gasteiger charge is 2.56. The van der Waals surface area contributed by atoms with Crippen LogP contribution in [-0.4, -0.2) is 22.7 Å². The maximum absolute atomic E-state index is 11.0. The molecule has 0 spiro atoms. The molecule has 0 N–H and O–H groups in total. The molecular weight excluding hydrogens is 294 g/mol. The molecule has 120 valence electrons. The van der Waals surface area contributed by atoms with Gasteiger partial charge in [0.25, 0.3) is 0 Å². The molecule has 2 aliphatic heterocycles. The van der Waals surface area contributed by atoms with Gasteiger partial charge in [-0.1, -0.05) is 0 Å². The van der Waals surface area contributed by atoms with Gasteiger partial charge in [0.1, 0.15) is 30.2 Å². The third-order valence-corrected chi connectivity index (χ3v) is 4.48. The summed E-state index contributed by atoms with van der Waals surface area (Å²) in [5.74, 6) is 0.568. The number of esters is 1. The van der Waals surface area contributed by atoms with E-state index in [0.29, 0.717) is 0 Å². The lowest BCUT2D eigenvalue weighted by atomic mass is 9.93. The van der Waals surface area contributed by atoms with Gasteiger partial charge in [-0.15, -0.1) is 0 Å². The zero-order valence-corrected chi connectivity index (χ0v) is 13.7.